The van der Waals surface area contributed by atoms with E-state index in [1.807, 2.05) is 42.5 Å². The lowest BCUT2D eigenvalue weighted by Crippen LogP contribution is -1.97. The molecule has 0 atom stereocenters. The van der Waals surface area contributed by atoms with Gasteiger partial charge in [-0.1, -0.05) is 40.9 Å². The number of rotatable bonds is 6. The third kappa shape index (κ3) is 5.39. The van der Waals surface area contributed by atoms with Crippen molar-refractivity contribution in [1.29, 1.82) is 0 Å². The maximum Gasteiger partial charge on any atom is 0.138 e. The molecule has 0 aliphatic rings. The van der Waals surface area contributed by atoms with Crippen molar-refractivity contribution in [1.82, 2.24) is 0 Å². The van der Waals surface area contributed by atoms with Crippen LogP contribution >= 0.6 is 34.8 Å². The maximum absolute atomic E-state index is 6.32. The molecule has 0 aliphatic carbocycles. The fourth-order valence-electron chi connectivity index (χ4n) is 2.33. The molecule has 3 aromatic rings. The highest BCUT2D eigenvalue weighted by molar-refractivity contribution is 6.35. The number of nitrogens with zero attached hydrogens (tertiary/aromatic N) is 1. The number of methoxy groups -OCH3 is 1. The van der Waals surface area contributed by atoms with Gasteiger partial charge in [0.05, 0.1) is 17.8 Å². The van der Waals surface area contributed by atoms with Gasteiger partial charge in [-0.2, -0.15) is 0 Å². The molecule has 0 N–H and O–H groups in total. The highest BCUT2D eigenvalue weighted by Gasteiger charge is 2.06. The average Bonchev–Trinajstić information content (AvgIpc) is 2.67. The normalized spacial score (nSPS) is 11.0. The van der Waals surface area contributed by atoms with E-state index in [2.05, 4.69) is 4.99 Å². The summed E-state index contributed by atoms with van der Waals surface area (Å²) in [6.45, 7) is 0.301. The van der Waals surface area contributed by atoms with Crippen LogP contribution in [0.2, 0.25) is 15.1 Å². The van der Waals surface area contributed by atoms with E-state index in [4.69, 9.17) is 44.3 Å². The molecule has 0 aliphatic heterocycles. The lowest BCUT2D eigenvalue weighted by molar-refractivity contribution is 0.306. The molecule has 0 bridgehead atoms. The van der Waals surface area contributed by atoms with Crippen molar-refractivity contribution < 1.29 is 9.47 Å². The molecular weight excluding hydrogens is 405 g/mol. The number of benzene rings is 3. The van der Waals surface area contributed by atoms with Gasteiger partial charge in [0.1, 0.15) is 18.1 Å². The molecule has 27 heavy (non-hydrogen) atoms. The summed E-state index contributed by atoms with van der Waals surface area (Å²) in [6, 6.07) is 18.3. The van der Waals surface area contributed by atoms with Crippen LogP contribution in [-0.4, -0.2) is 13.3 Å². The first kappa shape index (κ1) is 19.6. The summed E-state index contributed by atoms with van der Waals surface area (Å²) >= 11 is 18.4. The highest BCUT2D eigenvalue weighted by Crippen LogP contribution is 2.28. The van der Waals surface area contributed by atoms with E-state index in [9.17, 15) is 0 Å². The second-order valence-corrected chi connectivity index (χ2v) is 6.92. The molecule has 0 saturated heterocycles. The van der Waals surface area contributed by atoms with Gasteiger partial charge in [-0.25, -0.2) is 0 Å². The molecule has 3 nitrogen and oxygen atoms in total. The molecule has 0 saturated carbocycles. The van der Waals surface area contributed by atoms with Gasteiger partial charge < -0.3 is 9.47 Å². The second kappa shape index (κ2) is 9.14. The first-order valence-corrected chi connectivity index (χ1v) is 9.23. The average molecular weight is 421 g/mol. The lowest BCUT2D eigenvalue weighted by Gasteiger charge is -2.10. The van der Waals surface area contributed by atoms with E-state index in [0.29, 0.717) is 27.4 Å². The summed E-state index contributed by atoms with van der Waals surface area (Å²) in [6.07, 6.45) is 1.74. The zero-order valence-electron chi connectivity index (χ0n) is 14.5. The zero-order valence-corrected chi connectivity index (χ0v) is 16.7. The Balaban J connectivity index is 1.66. The zero-order chi connectivity index (χ0) is 19.2. The van der Waals surface area contributed by atoms with E-state index < -0.39 is 0 Å². The van der Waals surface area contributed by atoms with Crippen molar-refractivity contribution in [2.24, 2.45) is 4.99 Å². The molecular formula is C21H16Cl3NO2. The number of halogens is 3. The molecule has 0 aromatic heterocycles. The monoisotopic (exact) mass is 419 g/mol. The van der Waals surface area contributed by atoms with Gasteiger partial charge in [0, 0.05) is 21.8 Å². The molecule has 0 heterocycles. The van der Waals surface area contributed by atoms with E-state index in [1.54, 1.807) is 31.5 Å². The molecule has 3 rings (SSSR count). The van der Waals surface area contributed by atoms with Crippen molar-refractivity contribution >= 4 is 46.7 Å². The van der Waals surface area contributed by atoms with Crippen LogP contribution < -0.4 is 9.47 Å². The van der Waals surface area contributed by atoms with Crippen LogP contribution in [0.15, 0.2) is 65.7 Å². The lowest BCUT2D eigenvalue weighted by atomic mass is 10.2. The summed E-state index contributed by atoms with van der Waals surface area (Å²) in [5.41, 5.74) is 2.53. The smallest absolute Gasteiger partial charge is 0.138 e. The number of hydrogen-bond donors (Lipinski definition) is 0. The van der Waals surface area contributed by atoms with Crippen molar-refractivity contribution in [3.05, 3.63) is 86.9 Å². The Kier molecular flexibility index (Phi) is 6.62. The largest absolute Gasteiger partial charge is 0.497 e. The Morgan fingerprint density at radius 2 is 1.67 bits per heavy atom. The molecule has 0 amide bonds. The van der Waals surface area contributed by atoms with Crippen LogP contribution in [-0.2, 0) is 6.61 Å². The van der Waals surface area contributed by atoms with Crippen molar-refractivity contribution in [2.45, 2.75) is 6.61 Å². The van der Waals surface area contributed by atoms with E-state index in [-0.39, 0.29) is 0 Å². The maximum atomic E-state index is 6.32. The molecule has 3 aromatic carbocycles. The van der Waals surface area contributed by atoms with Crippen molar-refractivity contribution in [2.75, 3.05) is 7.11 Å². The SMILES string of the molecule is COc1ccc(N=Cc2ccc(OCc3ccc(Cl)cc3Cl)c(Cl)c2)cc1. The van der Waals surface area contributed by atoms with Gasteiger partial charge in [0.25, 0.3) is 0 Å². The first-order chi connectivity index (χ1) is 13.0. The first-order valence-electron chi connectivity index (χ1n) is 8.09. The summed E-state index contributed by atoms with van der Waals surface area (Å²) in [4.78, 5) is 4.43. The van der Waals surface area contributed by atoms with Gasteiger partial charge in [-0.05, 0) is 60.2 Å². The predicted molar refractivity (Wildman–Crippen MR) is 112 cm³/mol. The summed E-state index contributed by atoms with van der Waals surface area (Å²) in [5.74, 6) is 1.36. The van der Waals surface area contributed by atoms with Gasteiger partial charge in [-0.15, -0.1) is 0 Å². The Morgan fingerprint density at radius 1 is 0.889 bits per heavy atom. The topological polar surface area (TPSA) is 30.8 Å². The van der Waals surface area contributed by atoms with Gasteiger partial charge in [0.15, 0.2) is 0 Å². The number of ether oxygens (including phenoxy) is 2. The van der Waals surface area contributed by atoms with Crippen LogP contribution in [0.5, 0.6) is 11.5 Å². The Hall–Kier alpha value is -2.20. The van der Waals surface area contributed by atoms with Crippen LogP contribution in [0.3, 0.4) is 0 Å². The highest BCUT2D eigenvalue weighted by atomic mass is 35.5. The van der Waals surface area contributed by atoms with Gasteiger partial charge in [-0.3, -0.25) is 4.99 Å². The molecule has 0 spiro atoms. The minimum atomic E-state index is 0.301. The molecule has 0 unspecified atom stereocenters. The fourth-order valence-corrected chi connectivity index (χ4v) is 3.03. The third-order valence-corrected chi connectivity index (χ3v) is 4.67. The number of hydrogen-bond acceptors (Lipinski definition) is 3. The summed E-state index contributed by atoms with van der Waals surface area (Å²) < 4.78 is 10.9. The predicted octanol–water partition coefficient (Wildman–Crippen LogP) is 6.99. The quantitative estimate of drug-likeness (QED) is 0.402. The van der Waals surface area contributed by atoms with E-state index in [0.717, 1.165) is 22.6 Å². The molecule has 0 radical (unpaired) electrons. The summed E-state index contributed by atoms with van der Waals surface area (Å²) in [5, 5.41) is 1.64. The van der Waals surface area contributed by atoms with Crippen LogP contribution in [0.4, 0.5) is 5.69 Å². The number of aliphatic imine (C=N–C) groups is 1. The van der Waals surface area contributed by atoms with Crippen molar-refractivity contribution in [3.8, 4) is 11.5 Å². The van der Waals surface area contributed by atoms with E-state index in [1.165, 1.54) is 0 Å². The molecule has 138 valence electrons. The van der Waals surface area contributed by atoms with Crippen LogP contribution in [0, 0.1) is 0 Å². The van der Waals surface area contributed by atoms with Crippen LogP contribution in [0.1, 0.15) is 11.1 Å². The van der Waals surface area contributed by atoms with Crippen molar-refractivity contribution in [3.63, 3.8) is 0 Å². The van der Waals surface area contributed by atoms with E-state index >= 15 is 0 Å². The van der Waals surface area contributed by atoms with Gasteiger partial charge >= 0.3 is 0 Å². The third-order valence-electron chi connectivity index (χ3n) is 3.79. The van der Waals surface area contributed by atoms with Gasteiger partial charge in [0.2, 0.25) is 0 Å². The minimum Gasteiger partial charge on any atom is -0.497 e. The Labute approximate surface area is 173 Å². The minimum absolute atomic E-state index is 0.301. The Morgan fingerprint density at radius 3 is 2.33 bits per heavy atom. The second-order valence-electron chi connectivity index (χ2n) is 5.67. The standard InChI is InChI=1S/C21H16Cl3NO2/c1-26-18-7-5-17(6-8-18)25-12-14-2-9-21(20(24)10-14)27-13-15-3-4-16(22)11-19(15)23/h2-12H,13H2,1H3. The molecule has 0 fully saturated rings. The fraction of sp³-hybridized carbons (Fsp3) is 0.0952. The summed E-state index contributed by atoms with van der Waals surface area (Å²) in [7, 11) is 1.63. The van der Waals surface area contributed by atoms with Crippen LogP contribution in [0.25, 0.3) is 0 Å². The molecule has 6 heteroatoms. The Bertz CT molecular complexity index is 956.